The minimum Gasteiger partial charge on any atom is -0.465 e. The van der Waals surface area contributed by atoms with E-state index in [-0.39, 0.29) is 16.8 Å². The van der Waals surface area contributed by atoms with Gasteiger partial charge < -0.3 is 4.74 Å². The van der Waals surface area contributed by atoms with Crippen molar-refractivity contribution < 1.29 is 9.53 Å². The number of cyclic esters (lactones) is 1. The Kier molecular flexibility index (Phi) is 3.47. The smallest absolute Gasteiger partial charge is 0.313 e. The van der Waals surface area contributed by atoms with Gasteiger partial charge in [-0.15, -0.1) is 11.8 Å². The second-order valence-corrected chi connectivity index (χ2v) is 5.71. The third-order valence-corrected chi connectivity index (χ3v) is 4.54. The lowest BCUT2D eigenvalue weighted by molar-refractivity contribution is -0.148. The molecule has 0 aromatic rings. The maximum atomic E-state index is 12.1. The largest absolute Gasteiger partial charge is 0.465 e. The monoisotopic (exact) mass is 234 g/mol. The fourth-order valence-corrected chi connectivity index (χ4v) is 3.21. The molecule has 0 N–H and O–H groups in total. The molecule has 0 aromatic heterocycles. The Morgan fingerprint density at radius 3 is 2.82 bits per heavy atom. The van der Waals surface area contributed by atoms with Crippen LogP contribution in [0.5, 0.6) is 0 Å². The summed E-state index contributed by atoms with van der Waals surface area (Å²) in [6.07, 6.45) is 7.14. The quantitative estimate of drug-likeness (QED) is 0.541. The summed E-state index contributed by atoms with van der Waals surface area (Å²) in [4.78, 5) is 12.1. The molecule has 1 aliphatic heterocycles. The first-order chi connectivity index (χ1) is 8.15. The van der Waals surface area contributed by atoms with Gasteiger partial charge in [0, 0.05) is 18.3 Å². The van der Waals surface area contributed by atoms with Gasteiger partial charge in [-0.25, -0.2) is 0 Å². The van der Waals surface area contributed by atoms with Crippen molar-refractivity contribution in [3.63, 3.8) is 0 Å². The Labute approximate surface area is 104 Å². The Balaban J connectivity index is 2.18. The number of carbonyl (C=O) groups is 1. The van der Waals surface area contributed by atoms with Crippen molar-refractivity contribution in [3.8, 4) is 11.8 Å². The number of esters is 1. The van der Waals surface area contributed by atoms with Gasteiger partial charge in [-0.3, -0.25) is 4.79 Å². The Morgan fingerprint density at radius 2 is 2.06 bits per heavy atom. The van der Waals surface area contributed by atoms with Gasteiger partial charge in [-0.05, 0) is 19.3 Å². The molecule has 0 unspecified atom stereocenters. The first kappa shape index (κ1) is 12.5. The SMILES string of the molecule is CCCC#CC[C@]12CCCC[C@@]1(C)COC2=O. The second kappa shape index (κ2) is 4.72. The van der Waals surface area contributed by atoms with Crippen LogP contribution in [0.4, 0.5) is 0 Å². The summed E-state index contributed by atoms with van der Waals surface area (Å²) in [5.41, 5.74) is -0.269. The van der Waals surface area contributed by atoms with Crippen molar-refractivity contribution in [3.05, 3.63) is 0 Å². The molecule has 0 amide bonds. The molecule has 94 valence electrons. The van der Waals surface area contributed by atoms with E-state index in [1.165, 1.54) is 6.42 Å². The molecule has 1 heterocycles. The zero-order chi connectivity index (χ0) is 12.4. The highest BCUT2D eigenvalue weighted by Crippen LogP contribution is 2.57. The van der Waals surface area contributed by atoms with E-state index >= 15 is 0 Å². The van der Waals surface area contributed by atoms with Crippen LogP contribution in [0.15, 0.2) is 0 Å². The Hall–Kier alpha value is -0.970. The molecule has 0 aromatic carbocycles. The standard InChI is InChI=1S/C15H22O2/c1-3-4-5-6-10-15-11-8-7-9-14(15,2)12-17-13(15)16/h3-4,7-12H2,1-2H3/t14-,15+/m0/s1. The van der Waals surface area contributed by atoms with E-state index in [0.717, 1.165) is 32.1 Å². The highest BCUT2D eigenvalue weighted by molar-refractivity contribution is 5.80. The minimum atomic E-state index is -0.300. The van der Waals surface area contributed by atoms with Crippen LogP contribution in [0.25, 0.3) is 0 Å². The van der Waals surface area contributed by atoms with Gasteiger partial charge in [0.15, 0.2) is 0 Å². The average Bonchev–Trinajstić information content (AvgIpc) is 2.59. The molecule has 2 rings (SSSR count). The molecule has 0 radical (unpaired) electrons. The molecule has 1 saturated heterocycles. The predicted molar refractivity (Wildman–Crippen MR) is 67.3 cm³/mol. The van der Waals surface area contributed by atoms with Gasteiger partial charge in [0.2, 0.25) is 0 Å². The molecule has 2 fully saturated rings. The second-order valence-electron chi connectivity index (χ2n) is 5.71. The summed E-state index contributed by atoms with van der Waals surface area (Å²) in [7, 11) is 0. The lowest BCUT2D eigenvalue weighted by Gasteiger charge is -2.42. The molecule has 2 atom stereocenters. The Morgan fingerprint density at radius 1 is 1.29 bits per heavy atom. The van der Waals surface area contributed by atoms with E-state index < -0.39 is 0 Å². The zero-order valence-electron chi connectivity index (χ0n) is 11.0. The number of carbonyl (C=O) groups excluding carboxylic acids is 1. The van der Waals surface area contributed by atoms with E-state index in [9.17, 15) is 4.79 Å². The molecular weight excluding hydrogens is 212 g/mol. The summed E-state index contributed by atoms with van der Waals surface area (Å²) in [5.74, 6) is 6.40. The molecule has 1 saturated carbocycles. The van der Waals surface area contributed by atoms with Crippen molar-refractivity contribution in [1.82, 2.24) is 0 Å². The van der Waals surface area contributed by atoms with Crippen LogP contribution in [-0.4, -0.2) is 12.6 Å². The van der Waals surface area contributed by atoms with E-state index in [1.807, 2.05) is 0 Å². The molecule has 0 bridgehead atoms. The fraction of sp³-hybridized carbons (Fsp3) is 0.800. The number of hydrogen-bond acceptors (Lipinski definition) is 2. The molecule has 2 aliphatic rings. The lowest BCUT2D eigenvalue weighted by atomic mass is 9.57. The summed E-state index contributed by atoms with van der Waals surface area (Å²) in [5, 5.41) is 0. The molecule has 17 heavy (non-hydrogen) atoms. The van der Waals surface area contributed by atoms with E-state index in [1.54, 1.807) is 0 Å². The number of ether oxygens (including phenoxy) is 1. The number of rotatable bonds is 2. The van der Waals surface area contributed by atoms with Gasteiger partial charge in [0.05, 0.1) is 12.0 Å². The maximum Gasteiger partial charge on any atom is 0.313 e. The van der Waals surface area contributed by atoms with Crippen LogP contribution in [0.3, 0.4) is 0 Å². The van der Waals surface area contributed by atoms with Gasteiger partial charge >= 0.3 is 5.97 Å². The van der Waals surface area contributed by atoms with Gasteiger partial charge in [-0.2, -0.15) is 0 Å². The van der Waals surface area contributed by atoms with Crippen LogP contribution in [-0.2, 0) is 9.53 Å². The van der Waals surface area contributed by atoms with E-state index in [0.29, 0.717) is 13.0 Å². The van der Waals surface area contributed by atoms with Crippen molar-refractivity contribution in [1.29, 1.82) is 0 Å². The van der Waals surface area contributed by atoms with Crippen molar-refractivity contribution >= 4 is 5.97 Å². The summed E-state index contributed by atoms with van der Waals surface area (Å²) >= 11 is 0. The van der Waals surface area contributed by atoms with Crippen LogP contribution < -0.4 is 0 Å². The summed E-state index contributed by atoms with van der Waals surface area (Å²) in [6, 6.07) is 0. The highest BCUT2D eigenvalue weighted by Gasteiger charge is 2.60. The van der Waals surface area contributed by atoms with E-state index in [2.05, 4.69) is 25.7 Å². The minimum absolute atomic E-state index is 0.00509. The molecule has 1 aliphatic carbocycles. The number of unbranched alkanes of at least 4 members (excludes halogenated alkanes) is 1. The first-order valence-electron chi connectivity index (χ1n) is 6.78. The van der Waals surface area contributed by atoms with Gasteiger partial charge in [0.1, 0.15) is 0 Å². The average molecular weight is 234 g/mol. The Bertz CT molecular complexity index is 363. The third kappa shape index (κ3) is 1.97. The third-order valence-electron chi connectivity index (χ3n) is 4.54. The normalized spacial score (nSPS) is 35.8. The highest BCUT2D eigenvalue weighted by atomic mass is 16.5. The topological polar surface area (TPSA) is 26.3 Å². The van der Waals surface area contributed by atoms with Crippen LogP contribution >= 0.6 is 0 Å². The number of hydrogen-bond donors (Lipinski definition) is 0. The first-order valence-corrected chi connectivity index (χ1v) is 6.78. The fourth-order valence-electron chi connectivity index (χ4n) is 3.21. The zero-order valence-corrected chi connectivity index (χ0v) is 11.0. The molecule has 0 spiro atoms. The van der Waals surface area contributed by atoms with Crippen LogP contribution in [0.2, 0.25) is 0 Å². The van der Waals surface area contributed by atoms with Gasteiger partial charge in [0.25, 0.3) is 0 Å². The van der Waals surface area contributed by atoms with Crippen LogP contribution in [0.1, 0.15) is 58.8 Å². The number of fused-ring (bicyclic) bond motifs is 1. The summed E-state index contributed by atoms with van der Waals surface area (Å²) < 4.78 is 5.36. The maximum absolute atomic E-state index is 12.1. The molecule has 2 nitrogen and oxygen atoms in total. The van der Waals surface area contributed by atoms with Crippen molar-refractivity contribution in [2.24, 2.45) is 10.8 Å². The molecular formula is C15H22O2. The lowest BCUT2D eigenvalue weighted by Crippen LogP contribution is -2.43. The van der Waals surface area contributed by atoms with Crippen molar-refractivity contribution in [2.75, 3.05) is 6.61 Å². The van der Waals surface area contributed by atoms with Crippen molar-refractivity contribution in [2.45, 2.75) is 58.8 Å². The predicted octanol–water partition coefficient (Wildman–Crippen LogP) is 3.30. The van der Waals surface area contributed by atoms with E-state index in [4.69, 9.17) is 4.74 Å². The molecule has 2 heteroatoms. The van der Waals surface area contributed by atoms with Gasteiger partial charge in [-0.1, -0.05) is 26.7 Å². The van der Waals surface area contributed by atoms with Crippen LogP contribution in [0, 0.1) is 22.7 Å². The summed E-state index contributed by atoms with van der Waals surface area (Å²) in [6.45, 7) is 4.93.